The molecule has 4 rings (SSSR count). The molecule has 32 heavy (non-hydrogen) atoms. The molecule has 2 aromatic heterocycles. The molecular weight excluding hydrogens is 445 g/mol. The molecule has 0 fully saturated rings. The van der Waals surface area contributed by atoms with Crippen molar-refractivity contribution in [3.05, 3.63) is 87.7 Å². The minimum atomic E-state index is -0.437. The Bertz CT molecular complexity index is 1260. The van der Waals surface area contributed by atoms with E-state index in [1.807, 2.05) is 24.3 Å². The zero-order valence-corrected chi connectivity index (χ0v) is 19.0. The molecule has 1 atom stereocenters. The molecule has 0 aliphatic rings. The van der Waals surface area contributed by atoms with Crippen molar-refractivity contribution >= 4 is 45.6 Å². The van der Waals surface area contributed by atoms with Crippen molar-refractivity contribution in [3.63, 3.8) is 0 Å². The number of nitrogens with zero attached hydrogens (tertiary/aromatic N) is 2. The Labute approximate surface area is 196 Å². The maximum atomic E-state index is 6.66. The Kier molecular flexibility index (Phi) is 6.65. The van der Waals surface area contributed by atoms with Crippen LogP contribution in [0.2, 0.25) is 10.0 Å². The van der Waals surface area contributed by atoms with Crippen LogP contribution in [-0.4, -0.2) is 23.6 Å². The first-order chi connectivity index (χ1) is 15.5. The van der Waals surface area contributed by atoms with E-state index in [0.29, 0.717) is 40.3 Å². The minimum Gasteiger partial charge on any atom is -0.494 e. The van der Waals surface area contributed by atoms with E-state index in [2.05, 4.69) is 21.4 Å². The maximum Gasteiger partial charge on any atom is 0.150 e. The third-order valence-corrected chi connectivity index (χ3v) is 6.09. The summed E-state index contributed by atoms with van der Waals surface area (Å²) >= 11 is 13.0. The Balaban J connectivity index is 1.99. The van der Waals surface area contributed by atoms with E-state index in [4.69, 9.17) is 39.4 Å². The van der Waals surface area contributed by atoms with Gasteiger partial charge < -0.3 is 21.5 Å². The van der Waals surface area contributed by atoms with Gasteiger partial charge in [-0.05, 0) is 48.4 Å². The summed E-state index contributed by atoms with van der Waals surface area (Å²) in [6.45, 7) is 0.503. The van der Waals surface area contributed by atoms with Crippen molar-refractivity contribution < 1.29 is 4.74 Å². The number of anilines is 2. The lowest BCUT2D eigenvalue weighted by atomic mass is 9.92. The van der Waals surface area contributed by atoms with Crippen molar-refractivity contribution in [3.8, 4) is 5.75 Å². The molecule has 0 saturated heterocycles. The SMILES string of the molecule is COc1c(C(Nc2cc(N)ccn2)c2cccc(Cl)c2Cl)cc(CCN)c2cccnc12. The highest BCUT2D eigenvalue weighted by atomic mass is 35.5. The average molecular weight is 468 g/mol. The molecule has 2 heterocycles. The molecule has 0 bridgehead atoms. The van der Waals surface area contributed by atoms with E-state index in [1.165, 1.54) is 0 Å². The lowest BCUT2D eigenvalue weighted by molar-refractivity contribution is 0.412. The first-order valence-electron chi connectivity index (χ1n) is 10.1. The van der Waals surface area contributed by atoms with Crippen LogP contribution in [0, 0.1) is 0 Å². The van der Waals surface area contributed by atoms with Crippen LogP contribution in [0.25, 0.3) is 10.9 Å². The van der Waals surface area contributed by atoms with Gasteiger partial charge in [-0.3, -0.25) is 4.98 Å². The summed E-state index contributed by atoms with van der Waals surface area (Å²) in [5.74, 6) is 1.23. The van der Waals surface area contributed by atoms with Gasteiger partial charge in [0.05, 0.1) is 23.2 Å². The summed E-state index contributed by atoms with van der Waals surface area (Å²) in [6.07, 6.45) is 4.08. The number of fused-ring (bicyclic) bond motifs is 1. The fourth-order valence-corrected chi connectivity index (χ4v) is 4.26. The number of benzene rings is 2. The summed E-state index contributed by atoms with van der Waals surface area (Å²) < 4.78 is 5.87. The lowest BCUT2D eigenvalue weighted by Crippen LogP contribution is -2.16. The highest BCUT2D eigenvalue weighted by molar-refractivity contribution is 6.42. The number of pyridine rings is 2. The highest BCUT2D eigenvalue weighted by Crippen LogP contribution is 2.42. The van der Waals surface area contributed by atoms with E-state index in [9.17, 15) is 0 Å². The van der Waals surface area contributed by atoms with Gasteiger partial charge in [0.15, 0.2) is 5.75 Å². The third kappa shape index (κ3) is 4.30. The number of methoxy groups -OCH3 is 1. The predicted octanol–water partition coefficient (Wildman–Crippen LogP) is 5.23. The summed E-state index contributed by atoms with van der Waals surface area (Å²) in [5.41, 5.74) is 15.9. The fraction of sp³-hybridized carbons (Fsp3) is 0.167. The van der Waals surface area contributed by atoms with Gasteiger partial charge >= 0.3 is 0 Å². The molecule has 1 unspecified atom stereocenters. The van der Waals surface area contributed by atoms with Crippen LogP contribution < -0.4 is 21.5 Å². The number of nitrogen functional groups attached to an aromatic ring is 1. The van der Waals surface area contributed by atoms with Gasteiger partial charge in [0.25, 0.3) is 0 Å². The molecule has 164 valence electrons. The molecule has 0 aliphatic heterocycles. The molecule has 6 nitrogen and oxygen atoms in total. The van der Waals surface area contributed by atoms with Gasteiger partial charge in [0, 0.05) is 35.1 Å². The van der Waals surface area contributed by atoms with Gasteiger partial charge in [-0.2, -0.15) is 0 Å². The van der Waals surface area contributed by atoms with E-state index in [1.54, 1.807) is 37.7 Å². The van der Waals surface area contributed by atoms with Gasteiger partial charge in [-0.1, -0.05) is 41.4 Å². The fourth-order valence-electron chi connectivity index (χ4n) is 3.84. The smallest absolute Gasteiger partial charge is 0.150 e. The topological polar surface area (TPSA) is 99.1 Å². The van der Waals surface area contributed by atoms with Crippen LogP contribution in [0.5, 0.6) is 5.75 Å². The summed E-state index contributed by atoms with van der Waals surface area (Å²) in [4.78, 5) is 9.02. The molecule has 2 aromatic carbocycles. The number of aromatic nitrogens is 2. The quantitative estimate of drug-likeness (QED) is 0.344. The molecule has 5 N–H and O–H groups in total. The van der Waals surface area contributed by atoms with Gasteiger partial charge in [-0.25, -0.2) is 4.98 Å². The van der Waals surface area contributed by atoms with Crippen LogP contribution in [0.3, 0.4) is 0 Å². The predicted molar refractivity (Wildman–Crippen MR) is 132 cm³/mol. The van der Waals surface area contributed by atoms with E-state index < -0.39 is 6.04 Å². The second kappa shape index (κ2) is 9.61. The number of nitrogens with two attached hydrogens (primary N) is 2. The highest BCUT2D eigenvalue weighted by Gasteiger charge is 2.25. The first kappa shape index (κ1) is 22.1. The van der Waals surface area contributed by atoms with Crippen molar-refractivity contribution in [2.45, 2.75) is 12.5 Å². The maximum absolute atomic E-state index is 6.66. The van der Waals surface area contributed by atoms with Crippen molar-refractivity contribution in [2.75, 3.05) is 24.7 Å². The van der Waals surface area contributed by atoms with Gasteiger partial charge in [0.2, 0.25) is 0 Å². The number of nitrogens with one attached hydrogen (secondary N) is 1. The zero-order valence-electron chi connectivity index (χ0n) is 17.5. The molecule has 0 aliphatic carbocycles. The standard InChI is InChI=1S/C24H23Cl2N5O/c1-32-24-18(12-14(7-9-27)16-5-3-10-30-23(16)24)22(17-4-2-6-19(25)21(17)26)31-20-13-15(28)8-11-29-20/h2-6,8,10-13,22H,7,9,27H2,1H3,(H3,28,29,31). The number of hydrogen-bond donors (Lipinski definition) is 3. The Morgan fingerprint density at radius 3 is 2.62 bits per heavy atom. The zero-order chi connectivity index (χ0) is 22.7. The van der Waals surface area contributed by atoms with Gasteiger partial charge in [-0.15, -0.1) is 0 Å². The molecule has 0 saturated carbocycles. The number of ether oxygens (including phenoxy) is 1. The molecule has 0 radical (unpaired) electrons. The van der Waals surface area contributed by atoms with Crippen LogP contribution in [-0.2, 0) is 6.42 Å². The Hall–Kier alpha value is -3.06. The molecule has 0 amide bonds. The Morgan fingerprint density at radius 1 is 1.03 bits per heavy atom. The lowest BCUT2D eigenvalue weighted by Gasteiger charge is -2.25. The van der Waals surface area contributed by atoms with Gasteiger partial charge in [0.1, 0.15) is 11.3 Å². The molecular formula is C24H23Cl2N5O. The third-order valence-electron chi connectivity index (χ3n) is 5.26. The summed E-state index contributed by atoms with van der Waals surface area (Å²) in [6, 6.07) is 14.6. The van der Waals surface area contributed by atoms with Crippen LogP contribution in [0.15, 0.2) is 60.9 Å². The van der Waals surface area contributed by atoms with Crippen LogP contribution >= 0.6 is 23.2 Å². The summed E-state index contributed by atoms with van der Waals surface area (Å²) in [7, 11) is 1.63. The number of hydrogen-bond acceptors (Lipinski definition) is 6. The number of rotatable bonds is 7. The Morgan fingerprint density at radius 2 is 1.88 bits per heavy atom. The second-order valence-electron chi connectivity index (χ2n) is 7.29. The largest absolute Gasteiger partial charge is 0.494 e. The van der Waals surface area contributed by atoms with E-state index in [-0.39, 0.29) is 0 Å². The minimum absolute atomic E-state index is 0.437. The first-order valence-corrected chi connectivity index (χ1v) is 10.9. The van der Waals surface area contributed by atoms with Crippen molar-refractivity contribution in [1.29, 1.82) is 0 Å². The summed E-state index contributed by atoms with van der Waals surface area (Å²) in [5, 5.41) is 5.35. The van der Waals surface area contributed by atoms with Crippen LogP contribution in [0.4, 0.5) is 11.5 Å². The monoisotopic (exact) mass is 467 g/mol. The normalized spacial score (nSPS) is 12.0. The second-order valence-corrected chi connectivity index (χ2v) is 8.08. The average Bonchev–Trinajstić information content (AvgIpc) is 2.79. The molecule has 8 heteroatoms. The molecule has 4 aromatic rings. The van der Waals surface area contributed by atoms with Crippen molar-refractivity contribution in [1.82, 2.24) is 9.97 Å². The van der Waals surface area contributed by atoms with Crippen LogP contribution in [0.1, 0.15) is 22.7 Å². The van der Waals surface area contributed by atoms with Crippen molar-refractivity contribution in [2.24, 2.45) is 5.73 Å². The number of halogens is 2. The van der Waals surface area contributed by atoms with E-state index in [0.717, 1.165) is 27.6 Å². The molecule has 0 spiro atoms. The van der Waals surface area contributed by atoms with E-state index >= 15 is 0 Å².